The van der Waals surface area contributed by atoms with Crippen LogP contribution in [0.25, 0.3) is 0 Å². The van der Waals surface area contributed by atoms with E-state index in [0.29, 0.717) is 37.3 Å². The lowest BCUT2D eigenvalue weighted by atomic mass is 9.99. The highest BCUT2D eigenvalue weighted by Gasteiger charge is 2.15. The maximum absolute atomic E-state index is 12.4. The highest BCUT2D eigenvalue weighted by atomic mass is 16.5. The first-order valence-electron chi connectivity index (χ1n) is 8.98. The van der Waals surface area contributed by atoms with Crippen LogP contribution in [0.4, 0.5) is 0 Å². The van der Waals surface area contributed by atoms with Crippen LogP contribution in [0.5, 0.6) is 5.75 Å². The van der Waals surface area contributed by atoms with E-state index in [-0.39, 0.29) is 17.0 Å². The average Bonchev–Trinajstić information content (AvgIpc) is 2.65. The Bertz CT molecular complexity index is 882. The van der Waals surface area contributed by atoms with Gasteiger partial charge in [0.25, 0.3) is 5.56 Å². The van der Waals surface area contributed by atoms with E-state index in [1.54, 1.807) is 25.8 Å². The lowest BCUT2D eigenvalue weighted by Crippen LogP contribution is -2.29. The number of H-pyrrole nitrogens is 1. The van der Waals surface area contributed by atoms with Gasteiger partial charge in [-0.05, 0) is 49.9 Å². The molecule has 27 heavy (non-hydrogen) atoms. The topological polar surface area (TPSA) is 86.2 Å². The van der Waals surface area contributed by atoms with E-state index < -0.39 is 0 Å². The Morgan fingerprint density at radius 2 is 1.96 bits per heavy atom. The van der Waals surface area contributed by atoms with Crippen molar-refractivity contribution < 1.29 is 9.53 Å². The number of benzene rings is 1. The number of carbonyl (C=O) groups is 1. The van der Waals surface area contributed by atoms with Gasteiger partial charge in [0.2, 0.25) is 5.91 Å². The molecule has 1 heterocycles. The zero-order chi connectivity index (χ0) is 19.8. The largest absolute Gasteiger partial charge is 0.494 e. The Morgan fingerprint density at radius 1 is 1.26 bits per heavy atom. The first kappa shape index (κ1) is 20.2. The van der Waals surface area contributed by atoms with Crippen molar-refractivity contribution >= 4 is 5.91 Å². The fraction of sp³-hybridized carbons (Fsp3) is 0.381. The van der Waals surface area contributed by atoms with Crippen LogP contribution in [0.15, 0.2) is 35.1 Å². The number of carbonyl (C=O) groups excluding carboxylic acids is 1. The van der Waals surface area contributed by atoms with Crippen molar-refractivity contribution in [2.75, 3.05) is 20.2 Å². The molecule has 142 valence electrons. The number of hydrogen-bond donors (Lipinski definition) is 1. The normalized spacial score (nSPS) is 10.3. The van der Waals surface area contributed by atoms with E-state index >= 15 is 0 Å². The van der Waals surface area contributed by atoms with Gasteiger partial charge in [0, 0.05) is 25.7 Å². The van der Waals surface area contributed by atoms with Gasteiger partial charge in [0.05, 0.1) is 6.61 Å². The van der Waals surface area contributed by atoms with Crippen LogP contribution in [-0.4, -0.2) is 36.0 Å². The molecule has 2 aromatic rings. The van der Waals surface area contributed by atoms with Gasteiger partial charge in [-0.3, -0.25) is 9.59 Å². The monoisotopic (exact) mass is 367 g/mol. The van der Waals surface area contributed by atoms with Gasteiger partial charge in [0.15, 0.2) is 0 Å². The molecule has 1 N–H and O–H groups in total. The van der Waals surface area contributed by atoms with Gasteiger partial charge in [-0.15, -0.1) is 0 Å². The second-order valence-corrected chi connectivity index (χ2v) is 6.50. The molecule has 6 heteroatoms. The predicted molar refractivity (Wildman–Crippen MR) is 104 cm³/mol. The zero-order valence-electron chi connectivity index (χ0n) is 16.0. The van der Waals surface area contributed by atoms with E-state index in [9.17, 15) is 9.59 Å². The van der Waals surface area contributed by atoms with E-state index in [0.717, 1.165) is 17.7 Å². The third kappa shape index (κ3) is 5.45. The van der Waals surface area contributed by atoms with E-state index in [2.05, 4.69) is 4.98 Å². The van der Waals surface area contributed by atoms with Crippen molar-refractivity contribution in [3.63, 3.8) is 0 Å². The lowest BCUT2D eigenvalue weighted by molar-refractivity contribution is -0.129. The van der Waals surface area contributed by atoms with Gasteiger partial charge in [0.1, 0.15) is 17.4 Å². The summed E-state index contributed by atoms with van der Waals surface area (Å²) < 4.78 is 5.63. The molecule has 0 saturated carbocycles. The molecule has 0 unspecified atom stereocenters. The number of nitrogens with zero attached hydrogens (tertiary/aromatic N) is 2. The summed E-state index contributed by atoms with van der Waals surface area (Å²) in [7, 11) is 1.78. The molecule has 0 aliphatic rings. The third-order valence-corrected chi connectivity index (χ3v) is 4.58. The third-order valence-electron chi connectivity index (χ3n) is 4.58. The number of pyridine rings is 1. The van der Waals surface area contributed by atoms with Crippen molar-refractivity contribution in [1.29, 1.82) is 5.26 Å². The summed E-state index contributed by atoms with van der Waals surface area (Å²) in [5, 5.41) is 9.13. The average molecular weight is 367 g/mol. The molecule has 1 aromatic heterocycles. The lowest BCUT2D eigenvalue weighted by Gasteiger charge is -2.18. The fourth-order valence-electron chi connectivity index (χ4n) is 2.98. The molecule has 0 bridgehead atoms. The summed E-state index contributed by atoms with van der Waals surface area (Å²) in [6.45, 7) is 4.70. The number of ether oxygens (including phenoxy) is 1. The molecule has 6 nitrogen and oxygen atoms in total. The van der Waals surface area contributed by atoms with Crippen LogP contribution in [0, 0.1) is 25.2 Å². The molecule has 0 radical (unpaired) electrons. The maximum Gasteiger partial charge on any atom is 0.266 e. The second kappa shape index (κ2) is 9.58. The van der Waals surface area contributed by atoms with Crippen LogP contribution in [0.2, 0.25) is 0 Å². The van der Waals surface area contributed by atoms with Gasteiger partial charge >= 0.3 is 0 Å². The van der Waals surface area contributed by atoms with Crippen molar-refractivity contribution in [1.82, 2.24) is 9.88 Å². The Hall–Kier alpha value is -3.07. The predicted octanol–water partition coefficient (Wildman–Crippen LogP) is 2.72. The van der Waals surface area contributed by atoms with Gasteiger partial charge in [-0.2, -0.15) is 5.26 Å². The summed E-state index contributed by atoms with van der Waals surface area (Å²) in [5.74, 6) is 0.849. The summed E-state index contributed by atoms with van der Waals surface area (Å²) in [6, 6.07) is 11.5. The summed E-state index contributed by atoms with van der Waals surface area (Å²) in [4.78, 5) is 28.5. The molecule has 0 saturated heterocycles. The maximum atomic E-state index is 12.4. The number of nitrogens with one attached hydrogen (secondary N) is 1. The van der Waals surface area contributed by atoms with E-state index in [4.69, 9.17) is 10.00 Å². The second-order valence-electron chi connectivity index (χ2n) is 6.50. The Labute approximate surface area is 159 Å². The van der Waals surface area contributed by atoms with Crippen molar-refractivity contribution in [3.8, 4) is 11.8 Å². The van der Waals surface area contributed by atoms with Crippen LogP contribution in [0.1, 0.15) is 35.2 Å². The number of aromatic nitrogens is 1. The first-order valence-corrected chi connectivity index (χ1v) is 8.98. The molecule has 2 rings (SSSR count). The number of amides is 1. The Balaban J connectivity index is 1.83. The minimum Gasteiger partial charge on any atom is -0.494 e. The number of hydrogen-bond acceptors (Lipinski definition) is 4. The van der Waals surface area contributed by atoms with Crippen LogP contribution >= 0.6 is 0 Å². The molecule has 0 aliphatic heterocycles. The van der Waals surface area contributed by atoms with Crippen molar-refractivity contribution in [2.45, 2.75) is 33.1 Å². The summed E-state index contributed by atoms with van der Waals surface area (Å²) in [5.41, 5.74) is 1.97. The molecular formula is C21H25N3O3. The SMILES string of the molecule is Cc1[nH]c(=O)c(C#N)c(C)c1CCC(=O)N(C)CCCOc1ccccc1. The highest BCUT2D eigenvalue weighted by Crippen LogP contribution is 2.15. The molecule has 0 atom stereocenters. The summed E-state index contributed by atoms with van der Waals surface area (Å²) in [6.07, 6.45) is 1.56. The Morgan fingerprint density at radius 3 is 2.63 bits per heavy atom. The highest BCUT2D eigenvalue weighted by molar-refractivity contribution is 5.76. The van der Waals surface area contributed by atoms with Gasteiger partial charge in [-0.25, -0.2) is 0 Å². The minimum absolute atomic E-state index is 0.0261. The van der Waals surface area contributed by atoms with Gasteiger partial charge < -0.3 is 14.6 Å². The van der Waals surface area contributed by atoms with Crippen molar-refractivity contribution in [2.24, 2.45) is 0 Å². The standard InChI is InChI=1S/C21H25N3O3/c1-15-18(16(2)23-21(26)19(15)14-22)10-11-20(25)24(3)12-7-13-27-17-8-5-4-6-9-17/h4-6,8-9H,7,10-13H2,1-3H3,(H,23,26). The molecule has 1 aromatic carbocycles. The quantitative estimate of drug-likeness (QED) is 0.727. The first-order chi connectivity index (χ1) is 12.9. The zero-order valence-corrected chi connectivity index (χ0v) is 16.0. The number of rotatable bonds is 8. The van der Waals surface area contributed by atoms with Crippen molar-refractivity contribution in [3.05, 3.63) is 63.1 Å². The summed E-state index contributed by atoms with van der Waals surface area (Å²) >= 11 is 0. The number of nitriles is 1. The number of aryl methyl sites for hydroxylation is 1. The van der Waals surface area contributed by atoms with Crippen LogP contribution in [-0.2, 0) is 11.2 Å². The van der Waals surface area contributed by atoms with Gasteiger partial charge in [-0.1, -0.05) is 18.2 Å². The smallest absolute Gasteiger partial charge is 0.266 e. The molecule has 0 fully saturated rings. The van der Waals surface area contributed by atoms with Crippen LogP contribution in [0.3, 0.4) is 0 Å². The van der Waals surface area contributed by atoms with Crippen LogP contribution < -0.4 is 10.3 Å². The number of aromatic amines is 1. The Kier molecular flexibility index (Phi) is 7.18. The minimum atomic E-state index is -0.377. The molecular weight excluding hydrogens is 342 g/mol. The van der Waals surface area contributed by atoms with E-state index in [1.165, 1.54) is 0 Å². The number of para-hydroxylation sites is 1. The molecule has 0 aliphatic carbocycles. The van der Waals surface area contributed by atoms with E-state index in [1.807, 2.05) is 36.4 Å². The molecule has 0 spiro atoms. The fourth-order valence-corrected chi connectivity index (χ4v) is 2.98. The molecule has 1 amide bonds.